The van der Waals surface area contributed by atoms with Gasteiger partial charge in [0.15, 0.2) is 0 Å². The molecular weight excluding hydrogens is 543 g/mol. The quantitative estimate of drug-likeness (QED) is 0.136. The van der Waals surface area contributed by atoms with Crippen LogP contribution in [0.1, 0.15) is 51.7 Å². The van der Waals surface area contributed by atoms with Gasteiger partial charge in [-0.1, -0.05) is 182 Å². The largest absolute Gasteiger partial charge is 0.907 e. The number of hydrogen-bond donors (Lipinski definition) is 0. The molecule has 0 heterocycles. The summed E-state index contributed by atoms with van der Waals surface area (Å²) in [4.78, 5) is 0. The Morgan fingerprint density at radius 2 is 0.419 bits per heavy atom. The topological polar surface area (TPSA) is 27.7 Å². The summed E-state index contributed by atoms with van der Waals surface area (Å²) in [5.74, 6) is 0. The van der Waals surface area contributed by atoms with E-state index in [1.165, 1.54) is 0 Å². The van der Waals surface area contributed by atoms with Crippen LogP contribution >= 0.6 is 0 Å². The lowest BCUT2D eigenvalue weighted by atomic mass is 10.0. The van der Waals surface area contributed by atoms with Crippen LogP contribution in [-0.2, 0) is 11.4 Å². The van der Waals surface area contributed by atoms with Crippen molar-refractivity contribution in [2.45, 2.75) is 18.3 Å². The van der Waals surface area contributed by atoms with Crippen molar-refractivity contribution in [1.29, 1.82) is 0 Å². The molecule has 0 unspecified atom stereocenters. The molecule has 3 nitrogen and oxygen atoms in total. The standard InChI is InChI=1S/3C13H11O.Al/c3*14-13(11-7-3-1-4-8-11)12-9-5-2-6-10-12;/h3*1-10,13H;/q3*-1;+3. The van der Waals surface area contributed by atoms with E-state index in [1.54, 1.807) is 0 Å². The number of rotatable bonds is 12. The van der Waals surface area contributed by atoms with Crippen LogP contribution in [0, 0.1) is 0 Å². The van der Waals surface area contributed by atoms with Crippen LogP contribution in [0.15, 0.2) is 182 Å². The van der Waals surface area contributed by atoms with Gasteiger partial charge in [-0.05, 0) is 33.4 Å². The van der Waals surface area contributed by atoms with Crippen molar-refractivity contribution in [2.75, 3.05) is 0 Å². The first-order valence-corrected chi connectivity index (χ1v) is 16.0. The Labute approximate surface area is 259 Å². The van der Waals surface area contributed by atoms with Gasteiger partial charge in [0.2, 0.25) is 0 Å². The molecule has 0 atom stereocenters. The monoisotopic (exact) mass is 576 g/mol. The van der Waals surface area contributed by atoms with Gasteiger partial charge in [0, 0.05) is 0 Å². The summed E-state index contributed by atoms with van der Waals surface area (Å²) in [6.45, 7) is 0. The molecule has 210 valence electrons. The summed E-state index contributed by atoms with van der Waals surface area (Å²) in [5.41, 5.74) is 6.28. The minimum absolute atomic E-state index is 0.363. The lowest BCUT2D eigenvalue weighted by Crippen LogP contribution is -2.33. The molecule has 43 heavy (non-hydrogen) atoms. The summed E-state index contributed by atoms with van der Waals surface area (Å²) < 4.78 is 21.2. The van der Waals surface area contributed by atoms with E-state index in [0.29, 0.717) is 0 Å². The molecule has 0 spiro atoms. The van der Waals surface area contributed by atoms with E-state index in [0.717, 1.165) is 33.4 Å². The third-order valence-electron chi connectivity index (χ3n) is 7.36. The van der Waals surface area contributed by atoms with E-state index >= 15 is 0 Å². The lowest BCUT2D eigenvalue weighted by Gasteiger charge is -2.30. The van der Waals surface area contributed by atoms with Crippen LogP contribution in [-0.4, -0.2) is 15.1 Å². The molecule has 0 aliphatic rings. The molecule has 0 saturated heterocycles. The molecule has 0 aliphatic carbocycles. The molecule has 6 aromatic carbocycles. The van der Waals surface area contributed by atoms with Crippen LogP contribution in [0.4, 0.5) is 0 Å². The summed E-state index contributed by atoms with van der Waals surface area (Å²) in [6, 6.07) is 61.8. The van der Waals surface area contributed by atoms with E-state index in [1.807, 2.05) is 109 Å². The van der Waals surface area contributed by atoms with Gasteiger partial charge in [0.25, 0.3) is 0 Å². The van der Waals surface area contributed by atoms with Crippen molar-refractivity contribution in [2.24, 2.45) is 0 Å². The van der Waals surface area contributed by atoms with Gasteiger partial charge in [-0.3, -0.25) is 0 Å². The first-order valence-electron chi connectivity index (χ1n) is 14.6. The zero-order valence-electron chi connectivity index (χ0n) is 23.9. The summed E-state index contributed by atoms with van der Waals surface area (Å²) >= 11 is -2.93. The van der Waals surface area contributed by atoms with Gasteiger partial charge in [-0.2, -0.15) is 0 Å². The molecular formula is C39H33AlO3. The fourth-order valence-electron chi connectivity index (χ4n) is 5.25. The van der Waals surface area contributed by atoms with E-state index < -0.39 is 15.1 Å². The van der Waals surface area contributed by atoms with Gasteiger partial charge in [0.1, 0.15) is 0 Å². The van der Waals surface area contributed by atoms with Crippen molar-refractivity contribution < 1.29 is 11.4 Å². The second-order valence-corrected chi connectivity index (χ2v) is 11.7. The average molecular weight is 577 g/mol. The zero-order chi connectivity index (χ0) is 29.1. The predicted molar refractivity (Wildman–Crippen MR) is 173 cm³/mol. The Hall–Kier alpha value is -4.27. The van der Waals surface area contributed by atoms with Crippen molar-refractivity contribution in [3.8, 4) is 0 Å². The fraction of sp³-hybridized carbons (Fsp3) is 0.0769. The highest BCUT2D eigenvalue weighted by Gasteiger charge is 2.41. The highest BCUT2D eigenvalue weighted by Crippen LogP contribution is 2.35. The smallest absolute Gasteiger partial charge is 0.444 e. The Kier molecular flexibility index (Phi) is 9.90. The third-order valence-corrected chi connectivity index (χ3v) is 8.84. The number of benzene rings is 6. The molecule has 0 N–H and O–H groups in total. The highest BCUT2D eigenvalue weighted by atomic mass is 27.3. The molecule has 0 fully saturated rings. The summed E-state index contributed by atoms with van der Waals surface area (Å²) in [7, 11) is 0. The maximum atomic E-state index is 7.06. The fourth-order valence-corrected chi connectivity index (χ4v) is 7.05. The van der Waals surface area contributed by atoms with Gasteiger partial charge in [-0.15, -0.1) is 0 Å². The van der Waals surface area contributed by atoms with E-state index in [-0.39, 0.29) is 18.3 Å². The van der Waals surface area contributed by atoms with Crippen molar-refractivity contribution in [1.82, 2.24) is 0 Å². The van der Waals surface area contributed by atoms with Gasteiger partial charge < -0.3 is 11.4 Å². The molecule has 4 heteroatoms. The van der Waals surface area contributed by atoms with Gasteiger partial charge in [0.05, 0.1) is 18.3 Å². The van der Waals surface area contributed by atoms with Crippen molar-refractivity contribution >= 4 is 15.1 Å². The first-order chi connectivity index (χ1) is 21.3. The highest BCUT2D eigenvalue weighted by molar-refractivity contribution is 6.36. The second-order valence-electron chi connectivity index (χ2n) is 10.3. The molecule has 0 aliphatic heterocycles. The maximum Gasteiger partial charge on any atom is 0.907 e. The molecule has 0 bridgehead atoms. The van der Waals surface area contributed by atoms with Crippen LogP contribution < -0.4 is 0 Å². The van der Waals surface area contributed by atoms with Crippen LogP contribution in [0.2, 0.25) is 0 Å². The first kappa shape index (κ1) is 28.8. The lowest BCUT2D eigenvalue weighted by molar-refractivity contribution is 0.0336. The van der Waals surface area contributed by atoms with E-state index in [9.17, 15) is 0 Å². The van der Waals surface area contributed by atoms with E-state index in [2.05, 4.69) is 72.8 Å². The SMILES string of the molecule is c1ccc(C([O][Al]([O]C(c2ccccc2)c2ccccc2)[O]C(c2ccccc2)c2ccccc2)c2ccccc2)cc1. The minimum atomic E-state index is -2.93. The molecule has 0 radical (unpaired) electrons. The molecule has 0 aromatic heterocycles. The second kappa shape index (κ2) is 14.8. The van der Waals surface area contributed by atoms with Crippen LogP contribution in [0.5, 0.6) is 0 Å². The minimum Gasteiger partial charge on any atom is -0.444 e. The molecule has 0 amide bonds. The maximum absolute atomic E-state index is 7.06. The Morgan fingerprint density at radius 1 is 0.256 bits per heavy atom. The van der Waals surface area contributed by atoms with Crippen molar-refractivity contribution in [3.63, 3.8) is 0 Å². The third kappa shape index (κ3) is 7.58. The molecule has 6 aromatic rings. The molecule has 0 saturated carbocycles. The summed E-state index contributed by atoms with van der Waals surface area (Å²) in [6.07, 6.45) is -1.09. The van der Waals surface area contributed by atoms with E-state index in [4.69, 9.17) is 11.4 Å². The number of hydrogen-bond acceptors (Lipinski definition) is 3. The van der Waals surface area contributed by atoms with Crippen LogP contribution in [0.3, 0.4) is 0 Å². The zero-order valence-corrected chi connectivity index (χ0v) is 25.0. The van der Waals surface area contributed by atoms with Gasteiger partial charge >= 0.3 is 15.1 Å². The average Bonchev–Trinajstić information content (AvgIpc) is 3.10. The predicted octanol–water partition coefficient (Wildman–Crippen LogP) is 9.39. The van der Waals surface area contributed by atoms with Crippen molar-refractivity contribution in [3.05, 3.63) is 215 Å². The molecule has 6 rings (SSSR count). The Morgan fingerprint density at radius 3 is 0.581 bits per heavy atom. The Balaban J connectivity index is 1.43. The van der Waals surface area contributed by atoms with Crippen LogP contribution in [0.25, 0.3) is 0 Å². The Bertz CT molecular complexity index is 1310. The van der Waals surface area contributed by atoms with Gasteiger partial charge in [-0.25, -0.2) is 0 Å². The normalized spacial score (nSPS) is 11.2. The summed E-state index contributed by atoms with van der Waals surface area (Å²) in [5, 5.41) is 0.